The van der Waals surface area contributed by atoms with Crippen LogP contribution in [-0.4, -0.2) is 11.1 Å². The minimum Gasteiger partial charge on any atom is -0.481 e. The fraction of sp³-hybridized carbons (Fsp3) is 0.444. The normalized spacial score (nSPS) is 11.4. The lowest BCUT2D eigenvalue weighted by Gasteiger charge is -1.88. The van der Waals surface area contributed by atoms with E-state index in [9.17, 15) is 4.79 Å². The van der Waals surface area contributed by atoms with Crippen molar-refractivity contribution in [1.82, 2.24) is 0 Å². The van der Waals surface area contributed by atoms with Crippen LogP contribution >= 0.6 is 0 Å². The average Bonchev–Trinajstić information content (AvgIpc) is 1.96. The third-order valence-corrected chi connectivity index (χ3v) is 1.20. The molecule has 0 aromatic carbocycles. The summed E-state index contributed by atoms with van der Waals surface area (Å²) >= 11 is 0. The summed E-state index contributed by atoms with van der Waals surface area (Å²) in [7, 11) is 0. The topological polar surface area (TPSA) is 37.3 Å². The van der Waals surface area contributed by atoms with E-state index in [4.69, 9.17) is 5.11 Å². The standard InChI is InChI=1S/C9H14O2/c1-2-3-4-5-6-7-8-9(10)11/h2-5H,6-8H2,1H3,(H,10,11)/b3-2+,5-4-. The molecule has 0 saturated carbocycles. The van der Waals surface area contributed by atoms with Crippen molar-refractivity contribution in [3.8, 4) is 0 Å². The Kier molecular flexibility index (Phi) is 6.39. The van der Waals surface area contributed by atoms with Crippen LogP contribution in [-0.2, 0) is 4.79 Å². The zero-order valence-electron chi connectivity index (χ0n) is 6.79. The summed E-state index contributed by atoms with van der Waals surface area (Å²) in [6.45, 7) is 1.95. The van der Waals surface area contributed by atoms with E-state index in [1.807, 2.05) is 31.2 Å². The highest BCUT2D eigenvalue weighted by molar-refractivity contribution is 5.66. The van der Waals surface area contributed by atoms with E-state index in [-0.39, 0.29) is 6.42 Å². The molecule has 1 N–H and O–H groups in total. The second-order valence-corrected chi connectivity index (χ2v) is 2.24. The van der Waals surface area contributed by atoms with E-state index in [2.05, 4.69) is 0 Å². The molecule has 2 heteroatoms. The molecule has 0 bridgehead atoms. The Balaban J connectivity index is 3.20. The van der Waals surface area contributed by atoms with Crippen LogP contribution in [0.3, 0.4) is 0 Å². The molecule has 0 amide bonds. The minimum atomic E-state index is -0.718. The van der Waals surface area contributed by atoms with Gasteiger partial charge in [-0.3, -0.25) is 4.79 Å². The minimum absolute atomic E-state index is 0.264. The molecular formula is C9H14O2. The number of carboxylic acids is 1. The number of hydrogen-bond acceptors (Lipinski definition) is 1. The van der Waals surface area contributed by atoms with Crippen molar-refractivity contribution in [3.63, 3.8) is 0 Å². The molecular weight excluding hydrogens is 140 g/mol. The van der Waals surface area contributed by atoms with Crippen LogP contribution in [0, 0.1) is 0 Å². The summed E-state index contributed by atoms with van der Waals surface area (Å²) in [6, 6.07) is 0. The monoisotopic (exact) mass is 154 g/mol. The Hall–Kier alpha value is -1.05. The molecule has 0 saturated heterocycles. The van der Waals surface area contributed by atoms with Crippen molar-refractivity contribution >= 4 is 5.97 Å². The molecule has 0 aromatic heterocycles. The number of allylic oxidation sites excluding steroid dienone is 4. The van der Waals surface area contributed by atoms with Gasteiger partial charge in [-0.2, -0.15) is 0 Å². The molecule has 0 rings (SSSR count). The smallest absolute Gasteiger partial charge is 0.303 e. The Labute approximate surface area is 67.2 Å². The first-order valence-corrected chi connectivity index (χ1v) is 3.77. The van der Waals surface area contributed by atoms with Gasteiger partial charge in [0.15, 0.2) is 0 Å². The van der Waals surface area contributed by atoms with Crippen molar-refractivity contribution in [3.05, 3.63) is 24.3 Å². The zero-order chi connectivity index (χ0) is 8.53. The Morgan fingerprint density at radius 1 is 1.45 bits per heavy atom. The predicted octanol–water partition coefficient (Wildman–Crippen LogP) is 2.37. The molecule has 11 heavy (non-hydrogen) atoms. The van der Waals surface area contributed by atoms with Crippen molar-refractivity contribution in [2.45, 2.75) is 26.2 Å². The largest absolute Gasteiger partial charge is 0.481 e. The lowest BCUT2D eigenvalue weighted by atomic mass is 10.2. The van der Waals surface area contributed by atoms with Gasteiger partial charge in [0, 0.05) is 6.42 Å². The predicted molar refractivity (Wildman–Crippen MR) is 45.4 cm³/mol. The second kappa shape index (κ2) is 7.06. The molecule has 62 valence electrons. The summed E-state index contributed by atoms with van der Waals surface area (Å²) in [6.07, 6.45) is 9.61. The van der Waals surface area contributed by atoms with Crippen LogP contribution in [0.5, 0.6) is 0 Å². The van der Waals surface area contributed by atoms with E-state index >= 15 is 0 Å². The Morgan fingerprint density at radius 2 is 2.18 bits per heavy atom. The van der Waals surface area contributed by atoms with Crippen LogP contribution in [0.25, 0.3) is 0 Å². The zero-order valence-corrected chi connectivity index (χ0v) is 6.79. The van der Waals surface area contributed by atoms with Gasteiger partial charge in [-0.05, 0) is 19.8 Å². The Morgan fingerprint density at radius 3 is 2.73 bits per heavy atom. The molecule has 0 spiro atoms. The van der Waals surface area contributed by atoms with Gasteiger partial charge in [-0.1, -0.05) is 24.3 Å². The molecule has 0 aliphatic carbocycles. The molecule has 0 aliphatic rings. The van der Waals surface area contributed by atoms with E-state index in [1.165, 1.54) is 0 Å². The third-order valence-electron chi connectivity index (χ3n) is 1.20. The van der Waals surface area contributed by atoms with Gasteiger partial charge in [0.1, 0.15) is 0 Å². The number of aliphatic carboxylic acids is 1. The number of carboxylic acid groups (broad SMARTS) is 1. The first kappa shape index (κ1) is 9.95. The average molecular weight is 154 g/mol. The molecule has 0 aromatic rings. The van der Waals surface area contributed by atoms with E-state index in [0.717, 1.165) is 12.8 Å². The van der Waals surface area contributed by atoms with Crippen molar-refractivity contribution in [2.24, 2.45) is 0 Å². The molecule has 0 radical (unpaired) electrons. The molecule has 0 fully saturated rings. The summed E-state index contributed by atoms with van der Waals surface area (Å²) in [5.74, 6) is -0.718. The van der Waals surface area contributed by atoms with E-state index < -0.39 is 5.97 Å². The molecule has 0 aliphatic heterocycles. The van der Waals surface area contributed by atoms with Gasteiger partial charge in [0.2, 0.25) is 0 Å². The highest BCUT2D eigenvalue weighted by atomic mass is 16.4. The fourth-order valence-electron chi connectivity index (χ4n) is 0.657. The maximum absolute atomic E-state index is 10.1. The van der Waals surface area contributed by atoms with Crippen molar-refractivity contribution in [1.29, 1.82) is 0 Å². The number of unbranched alkanes of at least 4 members (excludes halogenated alkanes) is 1. The number of hydrogen-bond donors (Lipinski definition) is 1. The van der Waals surface area contributed by atoms with Crippen LogP contribution in [0.1, 0.15) is 26.2 Å². The summed E-state index contributed by atoms with van der Waals surface area (Å²) < 4.78 is 0. The maximum Gasteiger partial charge on any atom is 0.303 e. The fourth-order valence-corrected chi connectivity index (χ4v) is 0.657. The second-order valence-electron chi connectivity index (χ2n) is 2.24. The number of carbonyl (C=O) groups is 1. The van der Waals surface area contributed by atoms with Crippen LogP contribution in [0.15, 0.2) is 24.3 Å². The van der Waals surface area contributed by atoms with Crippen LogP contribution in [0.2, 0.25) is 0 Å². The Bertz CT molecular complexity index is 157. The SMILES string of the molecule is C/C=C/C=C\CCCC(=O)O. The molecule has 0 heterocycles. The molecule has 2 nitrogen and oxygen atoms in total. The van der Waals surface area contributed by atoms with Crippen LogP contribution < -0.4 is 0 Å². The van der Waals surface area contributed by atoms with E-state index in [0.29, 0.717) is 0 Å². The van der Waals surface area contributed by atoms with E-state index in [1.54, 1.807) is 0 Å². The quantitative estimate of drug-likeness (QED) is 0.487. The highest BCUT2D eigenvalue weighted by Gasteiger charge is 1.92. The maximum atomic E-state index is 10.1. The first-order valence-electron chi connectivity index (χ1n) is 3.77. The summed E-state index contributed by atoms with van der Waals surface area (Å²) in [5, 5.41) is 8.28. The van der Waals surface area contributed by atoms with Crippen molar-refractivity contribution < 1.29 is 9.90 Å². The van der Waals surface area contributed by atoms with Gasteiger partial charge in [0.05, 0.1) is 0 Å². The lowest BCUT2D eigenvalue weighted by Crippen LogP contribution is -1.92. The number of rotatable bonds is 5. The van der Waals surface area contributed by atoms with Crippen LogP contribution in [0.4, 0.5) is 0 Å². The first-order chi connectivity index (χ1) is 5.27. The van der Waals surface area contributed by atoms with Gasteiger partial charge < -0.3 is 5.11 Å². The third kappa shape index (κ3) is 8.95. The molecule has 0 atom stereocenters. The van der Waals surface area contributed by atoms with Gasteiger partial charge in [-0.25, -0.2) is 0 Å². The highest BCUT2D eigenvalue weighted by Crippen LogP contribution is 1.96. The lowest BCUT2D eigenvalue weighted by molar-refractivity contribution is -0.137. The van der Waals surface area contributed by atoms with Gasteiger partial charge in [-0.15, -0.1) is 0 Å². The van der Waals surface area contributed by atoms with Crippen molar-refractivity contribution in [2.75, 3.05) is 0 Å². The van der Waals surface area contributed by atoms with Gasteiger partial charge >= 0.3 is 5.97 Å². The molecule has 0 unspecified atom stereocenters. The van der Waals surface area contributed by atoms with Gasteiger partial charge in [0.25, 0.3) is 0 Å². The summed E-state index contributed by atoms with van der Waals surface area (Å²) in [5.41, 5.74) is 0. The summed E-state index contributed by atoms with van der Waals surface area (Å²) in [4.78, 5) is 10.1.